The van der Waals surface area contributed by atoms with E-state index in [1.807, 2.05) is 66.7 Å². The summed E-state index contributed by atoms with van der Waals surface area (Å²) >= 11 is 0. The number of hydrogen-bond acceptors (Lipinski definition) is 6. The molecular weight excluding hydrogens is 482 g/mol. The molecule has 1 atom stereocenters. The van der Waals surface area contributed by atoms with Gasteiger partial charge in [0.1, 0.15) is 28.9 Å². The van der Waals surface area contributed by atoms with Gasteiger partial charge in [-0.25, -0.2) is 4.68 Å². The van der Waals surface area contributed by atoms with Gasteiger partial charge in [0.15, 0.2) is 0 Å². The number of anilines is 3. The first-order valence-electron chi connectivity index (χ1n) is 12.0. The maximum Gasteiger partial charge on any atom is 0.261 e. The van der Waals surface area contributed by atoms with E-state index in [-0.39, 0.29) is 11.8 Å². The van der Waals surface area contributed by atoms with Crippen molar-refractivity contribution >= 4 is 29.0 Å². The van der Waals surface area contributed by atoms with Gasteiger partial charge in [0.25, 0.3) is 11.8 Å². The Labute approximate surface area is 220 Å². The number of aromatic nitrogens is 2. The SMILES string of the molecule is COc1ccc(OC)c(C2C(C(=O)Nc3ccccc3)=C(C)Nc3c(C(=O)Nc4ccccc4)cnn32)c1. The minimum Gasteiger partial charge on any atom is -0.497 e. The monoisotopic (exact) mass is 509 g/mol. The smallest absolute Gasteiger partial charge is 0.261 e. The molecule has 9 nitrogen and oxygen atoms in total. The summed E-state index contributed by atoms with van der Waals surface area (Å²) in [4.78, 5) is 26.9. The van der Waals surface area contributed by atoms with Crippen molar-refractivity contribution < 1.29 is 19.1 Å². The lowest BCUT2D eigenvalue weighted by atomic mass is 9.93. The summed E-state index contributed by atoms with van der Waals surface area (Å²) < 4.78 is 12.8. The van der Waals surface area contributed by atoms with Crippen molar-refractivity contribution in [1.82, 2.24) is 9.78 Å². The van der Waals surface area contributed by atoms with Crippen molar-refractivity contribution in [3.63, 3.8) is 0 Å². The number of carbonyl (C=O) groups is 2. The van der Waals surface area contributed by atoms with Crippen molar-refractivity contribution in [2.75, 3.05) is 30.2 Å². The number of fused-ring (bicyclic) bond motifs is 1. The van der Waals surface area contributed by atoms with Gasteiger partial charge >= 0.3 is 0 Å². The predicted molar refractivity (Wildman–Crippen MR) is 146 cm³/mol. The van der Waals surface area contributed by atoms with E-state index in [0.717, 1.165) is 0 Å². The molecule has 5 rings (SSSR count). The molecule has 0 saturated carbocycles. The van der Waals surface area contributed by atoms with E-state index in [1.165, 1.54) is 6.20 Å². The van der Waals surface area contributed by atoms with Crippen molar-refractivity contribution in [3.8, 4) is 11.5 Å². The van der Waals surface area contributed by atoms with Crippen LogP contribution in [0, 0.1) is 0 Å². The highest BCUT2D eigenvalue weighted by atomic mass is 16.5. The number of carbonyl (C=O) groups excluding carboxylic acids is 2. The molecule has 1 aliphatic rings. The van der Waals surface area contributed by atoms with Crippen LogP contribution in [-0.2, 0) is 4.79 Å². The molecule has 1 unspecified atom stereocenters. The molecule has 1 aromatic heterocycles. The van der Waals surface area contributed by atoms with Crippen molar-refractivity contribution in [1.29, 1.82) is 0 Å². The van der Waals surface area contributed by atoms with Gasteiger partial charge in [-0.05, 0) is 49.4 Å². The van der Waals surface area contributed by atoms with Crippen molar-refractivity contribution in [2.24, 2.45) is 0 Å². The summed E-state index contributed by atoms with van der Waals surface area (Å²) in [5, 5.41) is 13.7. The van der Waals surface area contributed by atoms with Crippen molar-refractivity contribution in [3.05, 3.63) is 107 Å². The lowest BCUT2D eigenvalue weighted by Gasteiger charge is -2.31. The average molecular weight is 510 g/mol. The summed E-state index contributed by atoms with van der Waals surface area (Å²) in [7, 11) is 3.14. The second kappa shape index (κ2) is 10.5. The molecule has 2 amide bonds. The Bertz CT molecular complexity index is 1510. The molecule has 2 heterocycles. The van der Waals surface area contributed by atoms with Gasteiger partial charge in [0.2, 0.25) is 0 Å². The van der Waals surface area contributed by atoms with Crippen LogP contribution in [-0.4, -0.2) is 35.8 Å². The summed E-state index contributed by atoms with van der Waals surface area (Å²) in [5.41, 5.74) is 3.31. The minimum atomic E-state index is -0.710. The number of nitrogens with zero attached hydrogens (tertiary/aromatic N) is 2. The normalized spacial score (nSPS) is 14.2. The van der Waals surface area contributed by atoms with Crippen LogP contribution in [0.1, 0.15) is 28.9 Å². The predicted octanol–water partition coefficient (Wildman–Crippen LogP) is 5.08. The Hall–Kier alpha value is -5.05. The third-order valence-electron chi connectivity index (χ3n) is 6.31. The third-order valence-corrected chi connectivity index (χ3v) is 6.31. The minimum absolute atomic E-state index is 0.312. The molecule has 0 aliphatic carbocycles. The van der Waals surface area contributed by atoms with E-state index in [1.54, 1.807) is 38.0 Å². The molecule has 3 aromatic carbocycles. The van der Waals surface area contributed by atoms with Crippen LogP contribution < -0.4 is 25.4 Å². The highest BCUT2D eigenvalue weighted by Crippen LogP contribution is 2.42. The molecule has 4 aromatic rings. The molecule has 0 radical (unpaired) electrons. The number of benzene rings is 3. The first-order chi connectivity index (χ1) is 18.5. The van der Waals surface area contributed by atoms with Gasteiger partial charge in [-0.1, -0.05) is 36.4 Å². The van der Waals surface area contributed by atoms with Gasteiger partial charge in [0.05, 0.1) is 26.0 Å². The first-order valence-corrected chi connectivity index (χ1v) is 12.0. The van der Waals surface area contributed by atoms with Crippen LogP contribution in [0.2, 0.25) is 0 Å². The number of hydrogen-bond donors (Lipinski definition) is 3. The average Bonchev–Trinajstić information content (AvgIpc) is 3.36. The Morgan fingerprint density at radius 2 is 1.50 bits per heavy atom. The molecule has 9 heteroatoms. The summed E-state index contributed by atoms with van der Waals surface area (Å²) in [6.45, 7) is 1.80. The number of para-hydroxylation sites is 2. The van der Waals surface area contributed by atoms with E-state index in [2.05, 4.69) is 21.0 Å². The Morgan fingerprint density at radius 1 is 0.868 bits per heavy atom. The van der Waals surface area contributed by atoms with Gasteiger partial charge in [-0.3, -0.25) is 9.59 Å². The molecule has 0 bridgehead atoms. The molecule has 38 heavy (non-hydrogen) atoms. The molecule has 192 valence electrons. The Balaban J connectivity index is 1.61. The number of methoxy groups -OCH3 is 2. The molecular formula is C29H27N5O4. The van der Waals surface area contributed by atoms with E-state index in [4.69, 9.17) is 9.47 Å². The summed E-state index contributed by atoms with van der Waals surface area (Å²) in [6, 6.07) is 23.1. The highest BCUT2D eigenvalue weighted by molar-refractivity contribution is 6.09. The molecule has 3 N–H and O–H groups in total. The zero-order valence-electron chi connectivity index (χ0n) is 21.2. The Kier molecular flexibility index (Phi) is 6.82. The second-order valence-corrected chi connectivity index (χ2v) is 8.67. The van der Waals surface area contributed by atoms with Gasteiger partial charge in [-0.15, -0.1) is 0 Å². The zero-order chi connectivity index (χ0) is 26.6. The van der Waals surface area contributed by atoms with Gasteiger partial charge in [-0.2, -0.15) is 5.10 Å². The number of amides is 2. The largest absolute Gasteiger partial charge is 0.497 e. The van der Waals surface area contributed by atoms with E-state index >= 15 is 0 Å². The highest BCUT2D eigenvalue weighted by Gasteiger charge is 2.37. The number of allylic oxidation sites excluding steroid dienone is 1. The van der Waals surface area contributed by atoms with E-state index in [0.29, 0.717) is 51.1 Å². The molecule has 0 saturated heterocycles. The van der Waals surface area contributed by atoms with Crippen LogP contribution >= 0.6 is 0 Å². The van der Waals surface area contributed by atoms with E-state index in [9.17, 15) is 9.59 Å². The maximum absolute atomic E-state index is 13.7. The van der Waals surface area contributed by atoms with Crippen LogP contribution in [0.3, 0.4) is 0 Å². The van der Waals surface area contributed by atoms with Crippen LogP contribution in [0.5, 0.6) is 11.5 Å². The third kappa shape index (κ3) is 4.69. The molecule has 1 aliphatic heterocycles. The topological polar surface area (TPSA) is 107 Å². The van der Waals surface area contributed by atoms with Crippen LogP contribution in [0.15, 0.2) is 96.3 Å². The first kappa shape index (κ1) is 24.6. The lowest BCUT2D eigenvalue weighted by molar-refractivity contribution is -0.113. The molecule has 0 spiro atoms. The van der Waals surface area contributed by atoms with Crippen LogP contribution in [0.25, 0.3) is 0 Å². The second-order valence-electron chi connectivity index (χ2n) is 8.67. The fourth-order valence-corrected chi connectivity index (χ4v) is 4.50. The lowest BCUT2D eigenvalue weighted by Crippen LogP contribution is -2.32. The summed E-state index contributed by atoms with van der Waals surface area (Å²) in [6.07, 6.45) is 1.49. The maximum atomic E-state index is 13.7. The fraction of sp³-hybridized carbons (Fsp3) is 0.138. The number of ether oxygens (including phenoxy) is 2. The summed E-state index contributed by atoms with van der Waals surface area (Å²) in [5.74, 6) is 0.962. The molecule has 0 fully saturated rings. The van der Waals surface area contributed by atoms with Crippen LogP contribution in [0.4, 0.5) is 17.2 Å². The van der Waals surface area contributed by atoms with E-state index < -0.39 is 6.04 Å². The fourth-order valence-electron chi connectivity index (χ4n) is 4.50. The van der Waals surface area contributed by atoms with Crippen molar-refractivity contribution in [2.45, 2.75) is 13.0 Å². The van der Waals surface area contributed by atoms with Gasteiger partial charge in [0, 0.05) is 22.6 Å². The standard InChI is InChI=1S/C29H27N5O4/c1-18-25(29(36)33-20-12-8-5-9-13-20)26(22-16-21(37-2)14-15-24(22)38-3)34-27(31-18)23(17-30-34)28(35)32-19-10-6-4-7-11-19/h4-17,26,31H,1-3H3,(H,32,35)(H,33,36). The Morgan fingerprint density at radius 3 is 2.11 bits per heavy atom. The van der Waals surface area contributed by atoms with Gasteiger partial charge < -0.3 is 25.4 Å². The number of nitrogens with one attached hydrogen (secondary N) is 3. The number of rotatable bonds is 7. The quantitative estimate of drug-likeness (QED) is 0.321. The zero-order valence-corrected chi connectivity index (χ0v) is 21.2.